The van der Waals surface area contributed by atoms with Crippen LogP contribution in [-0.4, -0.2) is 4.57 Å². The Kier molecular flexibility index (Phi) is 2.58. The Morgan fingerprint density at radius 2 is 1.93 bits per heavy atom. The van der Waals surface area contributed by atoms with Crippen molar-refractivity contribution in [3.63, 3.8) is 0 Å². The fourth-order valence-corrected chi connectivity index (χ4v) is 2.05. The number of rotatable bonds is 3. The summed E-state index contributed by atoms with van der Waals surface area (Å²) in [5.74, 6) is 0. The quantitative estimate of drug-likeness (QED) is 0.691. The number of para-hydroxylation sites is 1. The molecule has 0 radical (unpaired) electrons. The predicted molar refractivity (Wildman–Crippen MR) is 61.6 cm³/mol. The highest BCUT2D eigenvalue weighted by molar-refractivity contribution is 5.83. The Hall–Kier alpha value is -1.24. The highest BCUT2D eigenvalue weighted by atomic mass is 14.9. The van der Waals surface area contributed by atoms with Crippen molar-refractivity contribution in [1.29, 1.82) is 0 Å². The van der Waals surface area contributed by atoms with Crippen LogP contribution in [0, 0.1) is 0 Å². The van der Waals surface area contributed by atoms with Gasteiger partial charge in [0.15, 0.2) is 0 Å². The maximum absolute atomic E-state index is 2.33. The number of aromatic nitrogens is 1. The molecule has 74 valence electrons. The van der Waals surface area contributed by atoms with Gasteiger partial charge in [-0.05, 0) is 25.0 Å². The van der Waals surface area contributed by atoms with Crippen molar-refractivity contribution in [2.45, 2.75) is 33.2 Å². The Bertz CT molecular complexity index is 426. The minimum absolute atomic E-state index is 1.06. The van der Waals surface area contributed by atoms with Crippen molar-refractivity contribution < 1.29 is 0 Å². The summed E-state index contributed by atoms with van der Waals surface area (Å²) in [4.78, 5) is 0. The molecule has 0 amide bonds. The van der Waals surface area contributed by atoms with Crippen LogP contribution in [-0.2, 0) is 13.0 Å². The van der Waals surface area contributed by atoms with Gasteiger partial charge < -0.3 is 4.57 Å². The van der Waals surface area contributed by atoms with Crippen LogP contribution in [0.15, 0.2) is 30.5 Å². The topological polar surface area (TPSA) is 4.93 Å². The molecule has 1 nitrogen and oxygen atoms in total. The Balaban J connectivity index is 2.61. The molecule has 1 heterocycles. The van der Waals surface area contributed by atoms with E-state index in [0.717, 1.165) is 6.54 Å². The number of benzene rings is 1. The third-order valence-corrected chi connectivity index (χ3v) is 2.73. The molecule has 0 bridgehead atoms. The van der Waals surface area contributed by atoms with E-state index in [-0.39, 0.29) is 0 Å². The minimum atomic E-state index is 1.06. The third-order valence-electron chi connectivity index (χ3n) is 2.73. The molecule has 0 fully saturated rings. The summed E-state index contributed by atoms with van der Waals surface area (Å²) < 4.78 is 2.33. The van der Waals surface area contributed by atoms with Crippen molar-refractivity contribution in [2.24, 2.45) is 0 Å². The summed E-state index contributed by atoms with van der Waals surface area (Å²) in [6.07, 6.45) is 4.71. The molecule has 2 aromatic rings. The van der Waals surface area contributed by atoms with Gasteiger partial charge in [-0.3, -0.25) is 0 Å². The summed E-state index contributed by atoms with van der Waals surface area (Å²) in [6.45, 7) is 5.49. The Labute approximate surface area is 85.4 Å². The highest BCUT2D eigenvalue weighted by Gasteiger charge is 2.04. The normalized spacial score (nSPS) is 11.0. The van der Waals surface area contributed by atoms with E-state index in [1.165, 1.54) is 29.3 Å². The fourth-order valence-electron chi connectivity index (χ4n) is 2.05. The van der Waals surface area contributed by atoms with E-state index in [1.807, 2.05) is 0 Å². The largest absolute Gasteiger partial charge is 0.347 e. The van der Waals surface area contributed by atoms with Gasteiger partial charge in [0, 0.05) is 23.6 Å². The van der Waals surface area contributed by atoms with Gasteiger partial charge >= 0.3 is 0 Å². The molecular weight excluding hydrogens is 170 g/mol. The zero-order chi connectivity index (χ0) is 9.97. The van der Waals surface area contributed by atoms with Crippen LogP contribution in [0.25, 0.3) is 10.9 Å². The van der Waals surface area contributed by atoms with E-state index in [2.05, 4.69) is 48.9 Å². The van der Waals surface area contributed by atoms with Gasteiger partial charge in [-0.1, -0.05) is 31.5 Å². The van der Waals surface area contributed by atoms with Gasteiger partial charge in [-0.25, -0.2) is 0 Å². The SMILES string of the molecule is CCCc1cn(CC)c2ccccc12. The molecule has 0 aliphatic heterocycles. The number of hydrogen-bond donors (Lipinski definition) is 0. The number of hydrogen-bond acceptors (Lipinski definition) is 0. The van der Waals surface area contributed by atoms with Gasteiger partial charge in [0.25, 0.3) is 0 Å². The first kappa shape index (κ1) is 9.32. The van der Waals surface area contributed by atoms with E-state index in [4.69, 9.17) is 0 Å². The van der Waals surface area contributed by atoms with Crippen LogP contribution >= 0.6 is 0 Å². The van der Waals surface area contributed by atoms with Crippen LogP contribution in [0.3, 0.4) is 0 Å². The van der Waals surface area contributed by atoms with Crippen molar-refractivity contribution in [3.05, 3.63) is 36.0 Å². The summed E-state index contributed by atoms with van der Waals surface area (Å²) in [6, 6.07) is 8.68. The fraction of sp³-hybridized carbons (Fsp3) is 0.385. The molecule has 2 rings (SSSR count). The molecule has 1 heteroatoms. The third kappa shape index (κ3) is 1.43. The maximum atomic E-state index is 2.33. The Morgan fingerprint density at radius 1 is 1.14 bits per heavy atom. The molecular formula is C13H17N. The second-order valence-electron chi connectivity index (χ2n) is 3.71. The van der Waals surface area contributed by atoms with Crippen molar-refractivity contribution in [2.75, 3.05) is 0 Å². The van der Waals surface area contributed by atoms with Gasteiger partial charge in [0.2, 0.25) is 0 Å². The number of aryl methyl sites for hydroxylation is 2. The van der Waals surface area contributed by atoms with Crippen LogP contribution < -0.4 is 0 Å². The monoisotopic (exact) mass is 187 g/mol. The lowest BCUT2D eigenvalue weighted by Crippen LogP contribution is -1.89. The minimum Gasteiger partial charge on any atom is -0.347 e. The number of nitrogens with zero attached hydrogens (tertiary/aromatic N) is 1. The summed E-state index contributed by atoms with van der Waals surface area (Å²) in [5.41, 5.74) is 2.86. The summed E-state index contributed by atoms with van der Waals surface area (Å²) in [7, 11) is 0. The van der Waals surface area contributed by atoms with Crippen LogP contribution in [0.5, 0.6) is 0 Å². The van der Waals surface area contributed by atoms with E-state index in [9.17, 15) is 0 Å². The van der Waals surface area contributed by atoms with Crippen LogP contribution in [0.4, 0.5) is 0 Å². The maximum Gasteiger partial charge on any atom is 0.0483 e. The molecule has 1 aromatic heterocycles. The van der Waals surface area contributed by atoms with Gasteiger partial charge in [-0.15, -0.1) is 0 Å². The van der Waals surface area contributed by atoms with Crippen LogP contribution in [0.2, 0.25) is 0 Å². The van der Waals surface area contributed by atoms with Crippen LogP contribution in [0.1, 0.15) is 25.8 Å². The lowest BCUT2D eigenvalue weighted by molar-refractivity contribution is 0.788. The van der Waals surface area contributed by atoms with Crippen molar-refractivity contribution in [3.8, 4) is 0 Å². The zero-order valence-electron chi connectivity index (χ0n) is 8.96. The van der Waals surface area contributed by atoms with Crippen molar-refractivity contribution >= 4 is 10.9 Å². The zero-order valence-corrected chi connectivity index (χ0v) is 8.96. The average Bonchev–Trinajstić information content (AvgIpc) is 2.58. The Morgan fingerprint density at radius 3 is 2.64 bits per heavy atom. The number of fused-ring (bicyclic) bond motifs is 1. The standard InChI is InChI=1S/C13H17N/c1-3-7-11-10-14(4-2)13-9-6-5-8-12(11)13/h5-6,8-10H,3-4,7H2,1-2H3. The first-order valence-corrected chi connectivity index (χ1v) is 5.43. The smallest absolute Gasteiger partial charge is 0.0483 e. The highest BCUT2D eigenvalue weighted by Crippen LogP contribution is 2.22. The second kappa shape index (κ2) is 3.87. The van der Waals surface area contributed by atoms with E-state index < -0.39 is 0 Å². The molecule has 1 aromatic carbocycles. The molecule has 0 spiro atoms. The van der Waals surface area contributed by atoms with Crippen molar-refractivity contribution in [1.82, 2.24) is 4.57 Å². The molecule has 0 saturated heterocycles. The molecule has 0 atom stereocenters. The first-order valence-electron chi connectivity index (χ1n) is 5.43. The lowest BCUT2D eigenvalue weighted by Gasteiger charge is -1.98. The van der Waals surface area contributed by atoms with Gasteiger partial charge in [-0.2, -0.15) is 0 Å². The van der Waals surface area contributed by atoms with E-state index in [0.29, 0.717) is 0 Å². The first-order chi connectivity index (χ1) is 6.86. The van der Waals surface area contributed by atoms with E-state index >= 15 is 0 Å². The average molecular weight is 187 g/mol. The molecule has 0 unspecified atom stereocenters. The molecule has 0 N–H and O–H groups in total. The molecule has 0 aliphatic rings. The van der Waals surface area contributed by atoms with Gasteiger partial charge in [0.05, 0.1) is 0 Å². The summed E-state index contributed by atoms with van der Waals surface area (Å²) in [5, 5.41) is 1.43. The molecule has 14 heavy (non-hydrogen) atoms. The summed E-state index contributed by atoms with van der Waals surface area (Å²) >= 11 is 0. The lowest BCUT2D eigenvalue weighted by atomic mass is 10.1. The van der Waals surface area contributed by atoms with E-state index in [1.54, 1.807) is 0 Å². The second-order valence-corrected chi connectivity index (χ2v) is 3.71. The molecule has 0 aliphatic carbocycles. The predicted octanol–water partition coefficient (Wildman–Crippen LogP) is 3.61. The van der Waals surface area contributed by atoms with Gasteiger partial charge in [0.1, 0.15) is 0 Å². The molecule has 0 saturated carbocycles.